The number of hydrogen-bond acceptors (Lipinski definition) is 3. The van der Waals surface area contributed by atoms with Crippen molar-refractivity contribution in [3.63, 3.8) is 0 Å². The Morgan fingerprint density at radius 3 is 2.44 bits per heavy atom. The molecule has 0 unspecified atom stereocenters. The number of aryl methyl sites for hydroxylation is 1. The third-order valence-electron chi connectivity index (χ3n) is 5.48. The van der Waals surface area contributed by atoms with Crippen molar-refractivity contribution in [3.05, 3.63) is 78.4 Å². The van der Waals surface area contributed by atoms with E-state index in [0.717, 1.165) is 35.3 Å². The van der Waals surface area contributed by atoms with Gasteiger partial charge in [-0.25, -0.2) is 9.78 Å². The van der Waals surface area contributed by atoms with Crippen LogP contribution in [0.25, 0.3) is 22.4 Å². The summed E-state index contributed by atoms with van der Waals surface area (Å²) in [5, 5.41) is 8.55. The molecule has 0 bridgehead atoms. The Morgan fingerprint density at radius 2 is 1.69 bits per heavy atom. The zero-order chi connectivity index (χ0) is 22.1. The molecule has 32 heavy (non-hydrogen) atoms. The summed E-state index contributed by atoms with van der Waals surface area (Å²) in [4.78, 5) is 29.4. The van der Waals surface area contributed by atoms with Crippen LogP contribution in [-0.4, -0.2) is 27.5 Å². The third kappa shape index (κ3) is 4.18. The first kappa shape index (κ1) is 19.8. The highest BCUT2D eigenvalue weighted by atomic mass is 16.2. The molecule has 1 heterocycles. The van der Waals surface area contributed by atoms with Gasteiger partial charge in [0.2, 0.25) is 0 Å². The molecule has 0 saturated heterocycles. The van der Waals surface area contributed by atoms with E-state index in [-0.39, 0.29) is 18.0 Å². The molecule has 160 valence electrons. The lowest BCUT2D eigenvalue weighted by Gasteiger charge is -2.10. The number of urea groups is 1. The predicted octanol–water partition coefficient (Wildman–Crippen LogP) is 4.78. The zero-order valence-corrected chi connectivity index (χ0v) is 17.6. The van der Waals surface area contributed by atoms with E-state index in [9.17, 15) is 9.59 Å². The number of imidazole rings is 1. The standard InChI is InChI=1S/C25H23N5O2/c1-30-22-8-3-2-7-21(22)29-23(30)16-9-11-18(12-10-16)26-24(31)17-5-4-6-20(15-17)28-25(32)27-19-13-14-19/h2-12,15,19H,13-14H2,1H3,(H,26,31)(H2,27,28,32). The first-order chi connectivity index (χ1) is 15.6. The summed E-state index contributed by atoms with van der Waals surface area (Å²) in [6.07, 6.45) is 2.04. The maximum atomic E-state index is 12.7. The molecule has 4 aromatic rings. The van der Waals surface area contributed by atoms with Crippen LogP contribution in [0.15, 0.2) is 72.8 Å². The van der Waals surface area contributed by atoms with Gasteiger partial charge in [-0.1, -0.05) is 18.2 Å². The molecule has 1 aliphatic carbocycles. The summed E-state index contributed by atoms with van der Waals surface area (Å²) >= 11 is 0. The molecular weight excluding hydrogens is 402 g/mol. The van der Waals surface area contributed by atoms with E-state index in [0.29, 0.717) is 16.9 Å². The summed E-state index contributed by atoms with van der Waals surface area (Å²) in [6.45, 7) is 0. The fraction of sp³-hybridized carbons (Fsp3) is 0.160. The van der Waals surface area contributed by atoms with Gasteiger partial charge in [-0.05, 0) is 67.4 Å². The fourth-order valence-electron chi connectivity index (χ4n) is 3.63. The SMILES string of the molecule is Cn1c(-c2ccc(NC(=O)c3cccc(NC(=O)NC4CC4)c3)cc2)nc2ccccc21. The number of anilines is 2. The van der Waals surface area contributed by atoms with Gasteiger partial charge in [0.1, 0.15) is 5.82 Å². The highest BCUT2D eigenvalue weighted by molar-refractivity contribution is 6.05. The van der Waals surface area contributed by atoms with E-state index in [1.165, 1.54) is 0 Å². The largest absolute Gasteiger partial charge is 0.335 e. The number of benzene rings is 3. The average molecular weight is 425 g/mol. The monoisotopic (exact) mass is 425 g/mol. The molecule has 0 spiro atoms. The molecule has 7 nitrogen and oxygen atoms in total. The molecule has 3 N–H and O–H groups in total. The molecule has 7 heteroatoms. The van der Waals surface area contributed by atoms with Crippen molar-refractivity contribution in [1.82, 2.24) is 14.9 Å². The first-order valence-electron chi connectivity index (χ1n) is 10.6. The number of amides is 3. The number of rotatable bonds is 5. The van der Waals surface area contributed by atoms with Crippen LogP contribution in [0, 0.1) is 0 Å². The van der Waals surface area contributed by atoms with Gasteiger partial charge >= 0.3 is 6.03 Å². The molecule has 3 amide bonds. The van der Waals surface area contributed by atoms with Crippen molar-refractivity contribution in [1.29, 1.82) is 0 Å². The number of hydrogen-bond donors (Lipinski definition) is 3. The van der Waals surface area contributed by atoms with Crippen LogP contribution in [0.2, 0.25) is 0 Å². The second-order valence-electron chi connectivity index (χ2n) is 7.97. The number of aromatic nitrogens is 2. The van der Waals surface area contributed by atoms with Crippen LogP contribution in [-0.2, 0) is 7.05 Å². The summed E-state index contributed by atoms with van der Waals surface area (Å²) in [6, 6.07) is 22.5. The topological polar surface area (TPSA) is 88.0 Å². The number of nitrogens with one attached hydrogen (secondary N) is 3. The van der Waals surface area contributed by atoms with Gasteiger partial charge < -0.3 is 20.5 Å². The Bertz CT molecular complexity index is 1310. The van der Waals surface area contributed by atoms with E-state index < -0.39 is 0 Å². The normalized spacial score (nSPS) is 13.0. The van der Waals surface area contributed by atoms with Gasteiger partial charge in [0, 0.05) is 35.6 Å². The Morgan fingerprint density at radius 1 is 0.906 bits per heavy atom. The Balaban J connectivity index is 1.28. The number of nitrogens with zero attached hydrogens (tertiary/aromatic N) is 2. The van der Waals surface area contributed by atoms with Crippen LogP contribution < -0.4 is 16.0 Å². The number of carbonyl (C=O) groups is 2. The van der Waals surface area contributed by atoms with E-state index in [2.05, 4.69) is 20.5 Å². The van der Waals surface area contributed by atoms with Gasteiger partial charge in [0.25, 0.3) is 5.91 Å². The molecule has 1 fully saturated rings. The minimum Gasteiger partial charge on any atom is -0.335 e. The van der Waals surface area contributed by atoms with Gasteiger partial charge in [-0.15, -0.1) is 0 Å². The second-order valence-corrected chi connectivity index (χ2v) is 7.97. The second kappa shape index (κ2) is 8.19. The van der Waals surface area contributed by atoms with Gasteiger partial charge in [0.15, 0.2) is 0 Å². The maximum absolute atomic E-state index is 12.7. The Kier molecular flexibility index (Phi) is 5.07. The Labute approximate surface area is 185 Å². The highest BCUT2D eigenvalue weighted by Crippen LogP contribution is 2.25. The summed E-state index contributed by atoms with van der Waals surface area (Å²) in [5.74, 6) is 0.624. The van der Waals surface area contributed by atoms with Crippen molar-refractivity contribution < 1.29 is 9.59 Å². The van der Waals surface area contributed by atoms with Crippen LogP contribution >= 0.6 is 0 Å². The summed E-state index contributed by atoms with van der Waals surface area (Å²) < 4.78 is 2.06. The maximum Gasteiger partial charge on any atom is 0.319 e. The van der Waals surface area contributed by atoms with Crippen LogP contribution in [0.4, 0.5) is 16.2 Å². The number of para-hydroxylation sites is 2. The highest BCUT2D eigenvalue weighted by Gasteiger charge is 2.23. The number of fused-ring (bicyclic) bond motifs is 1. The molecular formula is C25H23N5O2. The quantitative estimate of drug-likeness (QED) is 0.430. The minimum absolute atomic E-state index is 0.244. The zero-order valence-electron chi connectivity index (χ0n) is 17.6. The van der Waals surface area contributed by atoms with Crippen LogP contribution in [0.3, 0.4) is 0 Å². The molecule has 1 aromatic heterocycles. The van der Waals surface area contributed by atoms with Crippen LogP contribution in [0.5, 0.6) is 0 Å². The van der Waals surface area contributed by atoms with Crippen molar-refractivity contribution in [2.75, 3.05) is 10.6 Å². The van der Waals surface area contributed by atoms with E-state index >= 15 is 0 Å². The van der Waals surface area contributed by atoms with Crippen molar-refractivity contribution >= 4 is 34.3 Å². The molecule has 0 atom stereocenters. The third-order valence-corrected chi connectivity index (χ3v) is 5.48. The fourth-order valence-corrected chi connectivity index (χ4v) is 3.63. The molecule has 3 aromatic carbocycles. The van der Waals surface area contributed by atoms with Gasteiger partial charge in [-0.2, -0.15) is 0 Å². The molecule has 1 aliphatic rings. The van der Waals surface area contributed by atoms with E-state index in [1.54, 1.807) is 24.3 Å². The Hall–Kier alpha value is -4.13. The van der Waals surface area contributed by atoms with Gasteiger partial charge in [0.05, 0.1) is 11.0 Å². The lowest BCUT2D eigenvalue weighted by molar-refractivity contribution is 0.102. The van der Waals surface area contributed by atoms with E-state index in [1.807, 2.05) is 55.6 Å². The molecule has 0 radical (unpaired) electrons. The number of carbonyl (C=O) groups excluding carboxylic acids is 2. The van der Waals surface area contributed by atoms with Crippen molar-refractivity contribution in [2.24, 2.45) is 7.05 Å². The van der Waals surface area contributed by atoms with E-state index in [4.69, 9.17) is 4.98 Å². The molecule has 0 aliphatic heterocycles. The van der Waals surface area contributed by atoms with Crippen molar-refractivity contribution in [2.45, 2.75) is 18.9 Å². The van der Waals surface area contributed by atoms with Crippen molar-refractivity contribution in [3.8, 4) is 11.4 Å². The first-order valence-corrected chi connectivity index (χ1v) is 10.6. The average Bonchev–Trinajstić information content (AvgIpc) is 3.55. The summed E-state index contributed by atoms with van der Waals surface area (Å²) in [7, 11) is 1.99. The minimum atomic E-state index is -0.248. The summed E-state index contributed by atoms with van der Waals surface area (Å²) in [5.41, 5.74) is 4.71. The smallest absolute Gasteiger partial charge is 0.319 e. The van der Waals surface area contributed by atoms with Gasteiger partial charge in [-0.3, -0.25) is 4.79 Å². The van der Waals surface area contributed by atoms with Crippen LogP contribution in [0.1, 0.15) is 23.2 Å². The lowest BCUT2D eigenvalue weighted by Crippen LogP contribution is -2.30. The molecule has 5 rings (SSSR count). The molecule has 1 saturated carbocycles. The predicted molar refractivity (Wildman–Crippen MR) is 126 cm³/mol. The lowest BCUT2D eigenvalue weighted by atomic mass is 10.1.